The van der Waals surface area contributed by atoms with E-state index in [-0.39, 0.29) is 18.7 Å². The molecule has 1 atom stereocenters. The molecule has 1 unspecified atom stereocenters. The number of ether oxygens (including phenoxy) is 1. The van der Waals surface area contributed by atoms with Gasteiger partial charge in [0, 0.05) is 12.3 Å². The summed E-state index contributed by atoms with van der Waals surface area (Å²) in [6.07, 6.45) is 3.26. The number of hydrogen-bond donors (Lipinski definition) is 1. The fourth-order valence-electron chi connectivity index (χ4n) is 3.04. The molecule has 1 N–H and O–H groups in total. The average Bonchev–Trinajstić information content (AvgIpc) is 3.41. The number of esters is 1. The molecule has 0 saturated carbocycles. The van der Waals surface area contributed by atoms with Gasteiger partial charge in [0.05, 0.1) is 25.5 Å². The summed E-state index contributed by atoms with van der Waals surface area (Å²) in [7, 11) is 0. The molecular formula is C20H18N4O5. The molecule has 4 rings (SSSR count). The second kappa shape index (κ2) is 7.72. The van der Waals surface area contributed by atoms with Crippen molar-refractivity contribution < 1.29 is 19.1 Å². The van der Waals surface area contributed by atoms with E-state index >= 15 is 0 Å². The number of hydrogen-bond acceptors (Lipinski definition) is 7. The van der Waals surface area contributed by atoms with Gasteiger partial charge in [-0.05, 0) is 12.5 Å². The first-order valence-corrected chi connectivity index (χ1v) is 9.00. The van der Waals surface area contributed by atoms with E-state index < -0.39 is 17.6 Å². The van der Waals surface area contributed by atoms with E-state index in [1.54, 1.807) is 29.7 Å². The molecule has 0 spiro atoms. The van der Waals surface area contributed by atoms with E-state index in [1.807, 2.05) is 18.2 Å². The Morgan fingerprint density at radius 1 is 1.31 bits per heavy atom. The number of fused-ring (bicyclic) bond motifs is 1. The van der Waals surface area contributed by atoms with Crippen molar-refractivity contribution in [1.29, 1.82) is 0 Å². The number of carbonyl (C=O) groups is 1. The Bertz CT molecular complexity index is 1200. The topological polar surface area (TPSA) is 112 Å². The van der Waals surface area contributed by atoms with Crippen molar-refractivity contribution in [3.05, 3.63) is 76.7 Å². The van der Waals surface area contributed by atoms with E-state index in [0.717, 1.165) is 4.52 Å². The summed E-state index contributed by atoms with van der Waals surface area (Å²) in [5.74, 6) is -0.375. The Morgan fingerprint density at radius 2 is 2.10 bits per heavy atom. The Hall–Kier alpha value is -3.72. The molecule has 0 aliphatic heterocycles. The van der Waals surface area contributed by atoms with Crippen LogP contribution in [0.3, 0.4) is 0 Å². The number of benzene rings is 1. The van der Waals surface area contributed by atoms with Crippen LogP contribution in [0.25, 0.3) is 17.1 Å². The monoisotopic (exact) mass is 394 g/mol. The van der Waals surface area contributed by atoms with Crippen LogP contribution in [0.5, 0.6) is 0 Å². The Labute approximate surface area is 164 Å². The highest BCUT2D eigenvalue weighted by atomic mass is 16.5. The molecule has 0 fully saturated rings. The third kappa shape index (κ3) is 3.55. The number of aliphatic hydroxyl groups excluding tert-OH is 1. The highest BCUT2D eigenvalue weighted by molar-refractivity contribution is 5.89. The molecule has 4 aromatic rings. The third-order valence-corrected chi connectivity index (χ3v) is 4.43. The van der Waals surface area contributed by atoms with Gasteiger partial charge in [-0.25, -0.2) is 9.78 Å². The zero-order valence-electron chi connectivity index (χ0n) is 15.6. The van der Waals surface area contributed by atoms with Crippen LogP contribution >= 0.6 is 0 Å². The predicted molar refractivity (Wildman–Crippen MR) is 102 cm³/mol. The van der Waals surface area contributed by atoms with E-state index in [2.05, 4.69) is 10.1 Å². The molecule has 0 radical (unpaired) electrons. The summed E-state index contributed by atoms with van der Waals surface area (Å²) in [6, 6.07) is 10.7. The highest BCUT2D eigenvalue weighted by Gasteiger charge is 2.21. The number of carbonyl (C=O) groups excluding carboxylic acids is 1. The van der Waals surface area contributed by atoms with Crippen LogP contribution in [0, 0.1) is 0 Å². The number of nitrogens with zero attached hydrogens (tertiary/aromatic N) is 4. The van der Waals surface area contributed by atoms with Gasteiger partial charge >= 0.3 is 5.97 Å². The smallest absolute Gasteiger partial charge is 0.345 e. The van der Waals surface area contributed by atoms with E-state index in [9.17, 15) is 14.7 Å². The fraction of sp³-hybridized carbons (Fsp3) is 0.200. The van der Waals surface area contributed by atoms with Gasteiger partial charge < -0.3 is 18.8 Å². The van der Waals surface area contributed by atoms with Gasteiger partial charge in [-0.15, -0.1) is 0 Å². The molecule has 29 heavy (non-hydrogen) atoms. The van der Waals surface area contributed by atoms with Crippen LogP contribution in [0.15, 0.2) is 64.4 Å². The van der Waals surface area contributed by atoms with Gasteiger partial charge in [0.15, 0.2) is 12.2 Å². The average molecular weight is 394 g/mol. The van der Waals surface area contributed by atoms with Gasteiger partial charge in [-0.2, -0.15) is 9.61 Å². The quantitative estimate of drug-likeness (QED) is 0.498. The normalized spacial score (nSPS) is 12.2. The molecule has 3 aromatic heterocycles. The van der Waals surface area contributed by atoms with E-state index in [0.29, 0.717) is 22.7 Å². The lowest BCUT2D eigenvalue weighted by Crippen LogP contribution is -2.27. The minimum atomic E-state index is -0.860. The lowest BCUT2D eigenvalue weighted by molar-refractivity contribution is 0.0522. The maximum atomic E-state index is 12.8. The molecular weight excluding hydrogens is 376 g/mol. The van der Waals surface area contributed by atoms with Crippen LogP contribution in [0.1, 0.15) is 28.9 Å². The first kappa shape index (κ1) is 18.6. The van der Waals surface area contributed by atoms with Crippen molar-refractivity contribution in [1.82, 2.24) is 19.2 Å². The number of aliphatic hydroxyl groups is 1. The summed E-state index contributed by atoms with van der Waals surface area (Å²) >= 11 is 0. The largest absolute Gasteiger partial charge is 0.462 e. The van der Waals surface area contributed by atoms with Gasteiger partial charge in [-0.1, -0.05) is 30.3 Å². The second-order valence-electron chi connectivity index (χ2n) is 6.31. The highest BCUT2D eigenvalue weighted by Crippen LogP contribution is 2.21. The van der Waals surface area contributed by atoms with Crippen molar-refractivity contribution in [3.63, 3.8) is 0 Å². The molecule has 0 amide bonds. The number of rotatable bonds is 6. The minimum absolute atomic E-state index is 0.0989. The van der Waals surface area contributed by atoms with Crippen LogP contribution in [0.4, 0.5) is 0 Å². The van der Waals surface area contributed by atoms with Crippen molar-refractivity contribution in [3.8, 4) is 11.5 Å². The van der Waals surface area contributed by atoms with Crippen molar-refractivity contribution in [2.45, 2.75) is 19.6 Å². The maximum Gasteiger partial charge on any atom is 0.345 e. The maximum absolute atomic E-state index is 12.8. The number of aromatic nitrogens is 4. The van der Waals surface area contributed by atoms with Gasteiger partial charge in [0.25, 0.3) is 5.56 Å². The Morgan fingerprint density at radius 3 is 2.79 bits per heavy atom. The first-order valence-electron chi connectivity index (χ1n) is 9.00. The molecule has 0 saturated heterocycles. The molecule has 9 nitrogen and oxygen atoms in total. The molecule has 0 aliphatic carbocycles. The molecule has 0 aliphatic rings. The number of oxazole rings is 1. The van der Waals surface area contributed by atoms with Crippen LogP contribution in [-0.2, 0) is 11.3 Å². The standard InChI is InChI=1S/C20H18N4O5/c1-2-28-20(27)14-10-23(11-16(25)13-6-4-3-5-7-13)18-8-15(17-9-21-12-29-17)22-24(18)19(14)26/h3-10,12,16,25H,2,11H2,1H3. The van der Waals surface area contributed by atoms with Crippen LogP contribution in [0.2, 0.25) is 0 Å². The van der Waals surface area contributed by atoms with Gasteiger partial charge in [-0.3, -0.25) is 4.79 Å². The Kier molecular flexibility index (Phi) is 4.96. The SMILES string of the molecule is CCOC(=O)c1cn(CC(O)c2ccccc2)c2cc(-c3cnco3)nn2c1=O. The Balaban J connectivity index is 1.85. The fourth-order valence-corrected chi connectivity index (χ4v) is 3.04. The molecule has 3 heterocycles. The zero-order valence-corrected chi connectivity index (χ0v) is 15.6. The van der Waals surface area contributed by atoms with Crippen LogP contribution in [-0.4, -0.2) is 36.8 Å². The van der Waals surface area contributed by atoms with E-state index in [1.165, 1.54) is 18.8 Å². The van der Waals surface area contributed by atoms with Gasteiger partial charge in [0.1, 0.15) is 16.9 Å². The zero-order chi connectivity index (χ0) is 20.4. The summed E-state index contributed by atoms with van der Waals surface area (Å²) in [5.41, 5.74) is 0.687. The van der Waals surface area contributed by atoms with Crippen LogP contribution < -0.4 is 5.56 Å². The third-order valence-electron chi connectivity index (χ3n) is 4.43. The molecule has 1 aromatic carbocycles. The summed E-state index contributed by atoms with van der Waals surface area (Å²) in [6.45, 7) is 1.89. The van der Waals surface area contributed by atoms with Crippen molar-refractivity contribution in [2.24, 2.45) is 0 Å². The summed E-state index contributed by atoms with van der Waals surface area (Å²) in [5, 5.41) is 14.9. The van der Waals surface area contributed by atoms with Gasteiger partial charge in [0.2, 0.25) is 0 Å². The second-order valence-corrected chi connectivity index (χ2v) is 6.31. The van der Waals surface area contributed by atoms with Crippen molar-refractivity contribution >= 4 is 11.6 Å². The predicted octanol–water partition coefficient (Wildman–Crippen LogP) is 2.06. The molecule has 0 bridgehead atoms. The van der Waals surface area contributed by atoms with Crippen molar-refractivity contribution in [2.75, 3.05) is 6.61 Å². The van der Waals surface area contributed by atoms with E-state index in [4.69, 9.17) is 9.15 Å². The first-order chi connectivity index (χ1) is 14.1. The molecule has 9 heteroatoms. The summed E-state index contributed by atoms with van der Waals surface area (Å²) in [4.78, 5) is 29.0. The lowest BCUT2D eigenvalue weighted by Gasteiger charge is -2.15. The minimum Gasteiger partial charge on any atom is -0.462 e. The molecule has 148 valence electrons. The lowest BCUT2D eigenvalue weighted by atomic mass is 10.1. The summed E-state index contributed by atoms with van der Waals surface area (Å²) < 4.78 is 12.9.